The zero-order chi connectivity index (χ0) is 17.2. The van der Waals surface area contributed by atoms with Crippen molar-refractivity contribution in [3.8, 4) is 0 Å². The third-order valence-electron chi connectivity index (χ3n) is 3.78. The normalized spacial score (nSPS) is 10.9. The zero-order valence-corrected chi connectivity index (χ0v) is 13.5. The molecular weight excluding hydrogens is 318 g/mol. The van der Waals surface area contributed by atoms with Gasteiger partial charge in [-0.3, -0.25) is 14.5 Å². The summed E-state index contributed by atoms with van der Waals surface area (Å²) in [6, 6.07) is 13.3. The van der Waals surface area contributed by atoms with Crippen LogP contribution >= 0.6 is 0 Å². The van der Waals surface area contributed by atoms with E-state index in [4.69, 9.17) is 4.52 Å². The number of rotatable bonds is 4. The van der Waals surface area contributed by atoms with Crippen molar-refractivity contribution in [3.05, 3.63) is 71.9 Å². The average Bonchev–Trinajstić information content (AvgIpc) is 3.24. The lowest BCUT2D eigenvalue weighted by atomic mass is 10.1. The van der Waals surface area contributed by atoms with Crippen LogP contribution in [0, 0.1) is 6.92 Å². The van der Waals surface area contributed by atoms with E-state index in [1.165, 1.54) is 0 Å². The van der Waals surface area contributed by atoms with Gasteiger partial charge in [-0.1, -0.05) is 29.4 Å². The van der Waals surface area contributed by atoms with Crippen LogP contribution in [0.3, 0.4) is 0 Å². The number of fused-ring (bicyclic) bond motifs is 1. The highest BCUT2D eigenvalue weighted by atomic mass is 16.5. The highest BCUT2D eigenvalue weighted by Gasteiger charge is 2.13. The molecule has 4 rings (SSSR count). The van der Waals surface area contributed by atoms with E-state index in [-0.39, 0.29) is 11.7 Å². The van der Waals surface area contributed by atoms with E-state index in [1.807, 2.05) is 36.5 Å². The van der Waals surface area contributed by atoms with E-state index in [1.54, 1.807) is 29.9 Å². The first kappa shape index (κ1) is 15.1. The summed E-state index contributed by atoms with van der Waals surface area (Å²) in [7, 11) is 0. The van der Waals surface area contributed by atoms with E-state index < -0.39 is 0 Å². The monoisotopic (exact) mass is 333 g/mol. The van der Waals surface area contributed by atoms with Crippen LogP contribution in [0.4, 0.5) is 5.82 Å². The second-order valence-corrected chi connectivity index (χ2v) is 5.68. The molecule has 0 unspecified atom stereocenters. The number of para-hydroxylation sites is 1. The van der Waals surface area contributed by atoms with Crippen LogP contribution in [0.2, 0.25) is 0 Å². The van der Waals surface area contributed by atoms with E-state index in [2.05, 4.69) is 20.6 Å². The topological polar surface area (TPSA) is 85.8 Å². The van der Waals surface area contributed by atoms with E-state index in [0.717, 1.165) is 16.5 Å². The van der Waals surface area contributed by atoms with Crippen LogP contribution in [0.1, 0.15) is 21.8 Å². The molecule has 0 aliphatic rings. The van der Waals surface area contributed by atoms with Gasteiger partial charge in [-0.25, -0.2) is 0 Å². The van der Waals surface area contributed by atoms with Gasteiger partial charge in [0.1, 0.15) is 0 Å². The molecule has 25 heavy (non-hydrogen) atoms. The average molecular weight is 333 g/mol. The number of carbonyl (C=O) groups excluding carboxylic acids is 1. The fourth-order valence-corrected chi connectivity index (χ4v) is 2.63. The van der Waals surface area contributed by atoms with E-state index in [9.17, 15) is 4.79 Å². The van der Waals surface area contributed by atoms with Gasteiger partial charge < -0.3 is 9.84 Å². The van der Waals surface area contributed by atoms with Crippen molar-refractivity contribution in [2.24, 2.45) is 0 Å². The van der Waals surface area contributed by atoms with E-state index in [0.29, 0.717) is 18.1 Å². The highest BCUT2D eigenvalue weighted by molar-refractivity contribution is 6.01. The van der Waals surface area contributed by atoms with E-state index >= 15 is 0 Å². The second-order valence-electron chi connectivity index (χ2n) is 5.68. The largest absolute Gasteiger partial charge is 0.351 e. The molecule has 3 heterocycles. The maximum Gasteiger partial charge on any atom is 0.295 e. The van der Waals surface area contributed by atoms with Crippen molar-refractivity contribution in [3.63, 3.8) is 0 Å². The summed E-state index contributed by atoms with van der Waals surface area (Å²) in [6.07, 6.45) is 3.59. The van der Waals surface area contributed by atoms with Crippen LogP contribution in [0.5, 0.6) is 0 Å². The molecule has 0 spiro atoms. The van der Waals surface area contributed by atoms with Crippen LogP contribution in [-0.2, 0) is 6.54 Å². The number of amides is 1. The summed E-state index contributed by atoms with van der Waals surface area (Å²) in [5.74, 6) is 0.232. The molecule has 0 aliphatic heterocycles. The minimum Gasteiger partial charge on any atom is -0.351 e. The molecule has 0 radical (unpaired) electrons. The maximum atomic E-state index is 12.1. The first-order valence-corrected chi connectivity index (χ1v) is 7.80. The van der Waals surface area contributed by atoms with Gasteiger partial charge in [-0.15, -0.1) is 0 Å². The Bertz CT molecular complexity index is 1050. The number of anilines is 1. The lowest BCUT2D eigenvalue weighted by molar-refractivity contribution is 0.0987. The number of hydrogen-bond acceptors (Lipinski definition) is 5. The molecule has 4 aromatic rings. The van der Waals surface area contributed by atoms with Gasteiger partial charge in [0.15, 0.2) is 5.82 Å². The lowest BCUT2D eigenvalue weighted by Crippen LogP contribution is -2.12. The predicted molar refractivity (Wildman–Crippen MR) is 92.3 cm³/mol. The van der Waals surface area contributed by atoms with Crippen molar-refractivity contribution in [2.45, 2.75) is 13.5 Å². The van der Waals surface area contributed by atoms with Gasteiger partial charge in [0.05, 0.1) is 17.8 Å². The van der Waals surface area contributed by atoms with Crippen molar-refractivity contribution in [1.82, 2.24) is 19.9 Å². The van der Waals surface area contributed by atoms with Crippen molar-refractivity contribution in [2.75, 3.05) is 5.32 Å². The molecule has 1 amide bonds. The number of hydrogen-bond donors (Lipinski definition) is 1. The Kier molecular flexibility index (Phi) is 3.74. The van der Waals surface area contributed by atoms with Gasteiger partial charge >= 0.3 is 0 Å². The van der Waals surface area contributed by atoms with Crippen LogP contribution in [0.25, 0.3) is 10.9 Å². The number of carbonyl (C=O) groups is 1. The summed E-state index contributed by atoms with van der Waals surface area (Å²) < 4.78 is 6.70. The molecule has 7 heteroatoms. The van der Waals surface area contributed by atoms with Gasteiger partial charge in [-0.2, -0.15) is 5.10 Å². The molecule has 124 valence electrons. The smallest absolute Gasteiger partial charge is 0.295 e. The van der Waals surface area contributed by atoms with Crippen LogP contribution < -0.4 is 5.32 Å². The van der Waals surface area contributed by atoms with Crippen molar-refractivity contribution >= 4 is 22.6 Å². The standard InChI is InChI=1S/C18H15N5O2/c1-12-10-15(25-22-12)18(24)20-16-7-9-23(21-16)11-14-5-2-4-13-6-3-8-19-17(13)14/h2-10H,11H2,1H3,(H,20,21,24). The molecule has 7 nitrogen and oxygen atoms in total. The van der Waals surface area contributed by atoms with Crippen molar-refractivity contribution < 1.29 is 9.32 Å². The number of nitrogens with zero attached hydrogens (tertiary/aromatic N) is 4. The number of benzene rings is 1. The SMILES string of the molecule is Cc1cc(C(=O)Nc2ccn(Cc3cccc4cccnc34)n2)on1. The molecule has 0 aliphatic carbocycles. The maximum absolute atomic E-state index is 12.1. The zero-order valence-electron chi connectivity index (χ0n) is 13.5. The molecular formula is C18H15N5O2. The third-order valence-corrected chi connectivity index (χ3v) is 3.78. The lowest BCUT2D eigenvalue weighted by Gasteiger charge is -2.06. The van der Waals surface area contributed by atoms with Gasteiger partial charge in [-0.05, 0) is 18.6 Å². The number of pyridine rings is 1. The number of nitrogens with one attached hydrogen (secondary N) is 1. The first-order chi connectivity index (χ1) is 12.2. The van der Waals surface area contributed by atoms with Crippen LogP contribution in [-0.4, -0.2) is 25.8 Å². The quantitative estimate of drug-likeness (QED) is 0.620. The Hall–Kier alpha value is -3.48. The van der Waals surface area contributed by atoms with Gasteiger partial charge in [0.25, 0.3) is 5.91 Å². The van der Waals surface area contributed by atoms with Gasteiger partial charge in [0, 0.05) is 29.9 Å². The minimum atomic E-state index is -0.377. The Morgan fingerprint density at radius 3 is 2.96 bits per heavy atom. The van der Waals surface area contributed by atoms with Crippen molar-refractivity contribution in [1.29, 1.82) is 0 Å². The fraction of sp³-hybridized carbons (Fsp3) is 0.111. The molecule has 0 atom stereocenters. The molecule has 0 saturated carbocycles. The summed E-state index contributed by atoms with van der Waals surface area (Å²) in [4.78, 5) is 16.5. The summed E-state index contributed by atoms with van der Waals surface area (Å²) in [5, 5.41) is 11.9. The Morgan fingerprint density at radius 2 is 2.12 bits per heavy atom. The third kappa shape index (κ3) is 3.12. The van der Waals surface area contributed by atoms with Crippen LogP contribution in [0.15, 0.2) is 59.4 Å². The second kappa shape index (κ2) is 6.20. The number of aryl methyl sites for hydroxylation is 1. The Labute approximate surface area is 143 Å². The molecule has 1 N–H and O–H groups in total. The number of aromatic nitrogens is 4. The Morgan fingerprint density at radius 1 is 1.24 bits per heavy atom. The minimum absolute atomic E-state index is 0.158. The van der Waals surface area contributed by atoms with Gasteiger partial charge in [0.2, 0.25) is 5.76 Å². The summed E-state index contributed by atoms with van der Waals surface area (Å²) in [5.41, 5.74) is 2.66. The summed E-state index contributed by atoms with van der Waals surface area (Å²) in [6.45, 7) is 2.32. The molecule has 0 saturated heterocycles. The predicted octanol–water partition coefficient (Wildman–Crippen LogP) is 3.03. The summed E-state index contributed by atoms with van der Waals surface area (Å²) >= 11 is 0. The highest BCUT2D eigenvalue weighted by Crippen LogP contribution is 2.17. The molecule has 0 fully saturated rings. The first-order valence-electron chi connectivity index (χ1n) is 7.80. The molecule has 1 aromatic carbocycles. The molecule has 3 aromatic heterocycles. The molecule has 0 bridgehead atoms. The fourth-order valence-electron chi connectivity index (χ4n) is 2.63. The Balaban J connectivity index is 1.52.